The van der Waals surface area contributed by atoms with E-state index in [1.54, 1.807) is 22.7 Å². The van der Waals surface area contributed by atoms with Crippen molar-refractivity contribution in [2.75, 3.05) is 11.6 Å². The number of rotatable bonds is 4. The highest BCUT2D eigenvalue weighted by Crippen LogP contribution is 2.21. The summed E-state index contributed by atoms with van der Waals surface area (Å²) < 4.78 is 0. The van der Waals surface area contributed by atoms with Gasteiger partial charge in [0.05, 0.1) is 5.88 Å². The van der Waals surface area contributed by atoms with Crippen LogP contribution in [0.2, 0.25) is 0 Å². The van der Waals surface area contributed by atoms with E-state index in [0.717, 1.165) is 11.1 Å². The molecular weight excluding hydrogens is 284 g/mol. The summed E-state index contributed by atoms with van der Waals surface area (Å²) in [7, 11) is 0. The lowest BCUT2D eigenvalue weighted by atomic mass is 10.2. The van der Waals surface area contributed by atoms with E-state index in [1.165, 1.54) is 0 Å². The minimum absolute atomic E-state index is 0.0835. The number of carbonyl (C=O) groups is 2. The number of benzene rings is 1. The van der Waals surface area contributed by atoms with Crippen molar-refractivity contribution in [1.29, 1.82) is 0 Å². The second-order valence-corrected chi connectivity index (χ2v) is 6.25. The fraction of sp³-hybridized carbons (Fsp3) is 0.375. The highest BCUT2D eigenvalue weighted by atomic mass is 32.2. The summed E-state index contributed by atoms with van der Waals surface area (Å²) in [5.41, 5.74) is 2.00. The summed E-state index contributed by atoms with van der Waals surface area (Å²) in [6.45, 7) is 4.25. The van der Waals surface area contributed by atoms with Crippen LogP contribution in [0.4, 0.5) is 0 Å². The minimum Gasteiger partial charge on any atom is -0.350 e. The van der Waals surface area contributed by atoms with E-state index in [-0.39, 0.29) is 17.9 Å². The van der Waals surface area contributed by atoms with Crippen molar-refractivity contribution in [3.63, 3.8) is 0 Å². The summed E-state index contributed by atoms with van der Waals surface area (Å²) in [4.78, 5) is 26.0. The van der Waals surface area contributed by atoms with Crippen LogP contribution in [0.5, 0.6) is 0 Å². The predicted molar refractivity (Wildman–Crippen MR) is 85.7 cm³/mol. The smallest absolute Gasteiger partial charge is 0.247 e. The third-order valence-corrected chi connectivity index (χ3v) is 4.20. The van der Waals surface area contributed by atoms with Crippen LogP contribution in [0.1, 0.15) is 19.4 Å². The number of nitrogens with zero attached hydrogens (tertiary/aromatic N) is 1. The van der Waals surface area contributed by atoms with Crippen molar-refractivity contribution in [3.05, 3.63) is 47.5 Å². The van der Waals surface area contributed by atoms with Gasteiger partial charge in [0.1, 0.15) is 6.04 Å². The van der Waals surface area contributed by atoms with Crippen LogP contribution >= 0.6 is 11.8 Å². The minimum atomic E-state index is -0.373. The monoisotopic (exact) mass is 304 g/mol. The third kappa shape index (κ3) is 4.36. The molecule has 4 nitrogen and oxygen atoms in total. The lowest BCUT2D eigenvalue weighted by molar-refractivity contribution is -0.134. The van der Waals surface area contributed by atoms with Gasteiger partial charge < -0.3 is 10.2 Å². The van der Waals surface area contributed by atoms with E-state index >= 15 is 0 Å². The molecule has 0 bridgehead atoms. The summed E-state index contributed by atoms with van der Waals surface area (Å²) in [5, 5.41) is 2.91. The highest BCUT2D eigenvalue weighted by Gasteiger charge is 2.33. The van der Waals surface area contributed by atoms with Gasteiger partial charge in [-0.25, -0.2) is 0 Å². The van der Waals surface area contributed by atoms with E-state index < -0.39 is 0 Å². The van der Waals surface area contributed by atoms with Gasteiger partial charge in [-0.2, -0.15) is 0 Å². The number of hydrogen-bond donors (Lipinski definition) is 1. The fourth-order valence-corrected chi connectivity index (χ4v) is 3.27. The SMILES string of the molecule is CC(C)=CC(=O)N1CSC[C@H]1C(=O)NCc1ccccc1. The molecule has 1 aromatic rings. The molecule has 0 spiro atoms. The van der Waals surface area contributed by atoms with Crippen LogP contribution in [0.3, 0.4) is 0 Å². The lowest BCUT2D eigenvalue weighted by Gasteiger charge is -2.22. The standard InChI is InChI=1S/C16H20N2O2S/c1-12(2)8-15(19)18-11-21-10-14(18)16(20)17-9-13-6-4-3-5-7-13/h3-8,14H,9-11H2,1-2H3,(H,17,20)/t14-/m0/s1. The quantitative estimate of drug-likeness (QED) is 0.867. The number of thioether (sulfide) groups is 1. The Balaban J connectivity index is 1.95. The van der Waals surface area contributed by atoms with E-state index in [4.69, 9.17) is 0 Å². The summed E-state index contributed by atoms with van der Waals surface area (Å²) in [6.07, 6.45) is 1.59. The maximum absolute atomic E-state index is 12.3. The van der Waals surface area contributed by atoms with Crippen molar-refractivity contribution in [3.8, 4) is 0 Å². The third-order valence-electron chi connectivity index (χ3n) is 3.19. The van der Waals surface area contributed by atoms with Gasteiger partial charge in [-0.3, -0.25) is 9.59 Å². The number of hydrogen-bond acceptors (Lipinski definition) is 3. The Morgan fingerprint density at radius 1 is 1.33 bits per heavy atom. The molecule has 1 N–H and O–H groups in total. The highest BCUT2D eigenvalue weighted by molar-refractivity contribution is 7.99. The lowest BCUT2D eigenvalue weighted by Crippen LogP contribution is -2.46. The van der Waals surface area contributed by atoms with E-state index in [2.05, 4.69) is 5.32 Å². The van der Waals surface area contributed by atoms with Crippen molar-refractivity contribution in [1.82, 2.24) is 10.2 Å². The van der Waals surface area contributed by atoms with Crippen molar-refractivity contribution < 1.29 is 9.59 Å². The molecule has 0 aliphatic carbocycles. The molecule has 1 heterocycles. The van der Waals surface area contributed by atoms with Crippen molar-refractivity contribution in [2.24, 2.45) is 0 Å². The number of allylic oxidation sites excluding steroid dienone is 1. The van der Waals surface area contributed by atoms with E-state index in [1.807, 2.05) is 44.2 Å². The molecular formula is C16H20N2O2S. The molecule has 0 saturated carbocycles. The zero-order chi connectivity index (χ0) is 15.2. The maximum atomic E-state index is 12.3. The first-order valence-electron chi connectivity index (χ1n) is 6.93. The second kappa shape index (κ2) is 7.31. The molecule has 0 aromatic heterocycles. The fourth-order valence-electron chi connectivity index (χ4n) is 2.11. The van der Waals surface area contributed by atoms with Gasteiger partial charge in [0, 0.05) is 18.4 Å². The molecule has 1 aliphatic heterocycles. The Morgan fingerprint density at radius 2 is 2.05 bits per heavy atom. The predicted octanol–water partition coefficient (Wildman–Crippen LogP) is 2.17. The molecule has 1 saturated heterocycles. The van der Waals surface area contributed by atoms with Crippen LogP contribution in [-0.4, -0.2) is 34.4 Å². The molecule has 1 atom stereocenters. The number of carbonyl (C=O) groups excluding carboxylic acids is 2. The van der Waals surface area contributed by atoms with Crippen LogP contribution in [0, 0.1) is 0 Å². The zero-order valence-electron chi connectivity index (χ0n) is 12.3. The van der Waals surface area contributed by atoms with Gasteiger partial charge in [-0.1, -0.05) is 35.9 Å². The Labute approximate surface area is 129 Å². The van der Waals surface area contributed by atoms with Gasteiger partial charge in [0.25, 0.3) is 0 Å². The van der Waals surface area contributed by atoms with E-state index in [0.29, 0.717) is 18.2 Å². The summed E-state index contributed by atoms with van der Waals surface area (Å²) in [5.74, 6) is 1.06. The molecule has 2 rings (SSSR count). The molecule has 1 aromatic carbocycles. The maximum Gasteiger partial charge on any atom is 0.247 e. The first-order chi connectivity index (χ1) is 10.1. The van der Waals surface area contributed by atoms with Crippen molar-refractivity contribution >= 4 is 23.6 Å². The van der Waals surface area contributed by atoms with Gasteiger partial charge >= 0.3 is 0 Å². The molecule has 5 heteroatoms. The topological polar surface area (TPSA) is 49.4 Å². The Bertz CT molecular complexity index is 538. The van der Waals surface area contributed by atoms with Gasteiger partial charge in [-0.05, 0) is 19.4 Å². The van der Waals surface area contributed by atoms with Crippen molar-refractivity contribution in [2.45, 2.75) is 26.4 Å². The second-order valence-electron chi connectivity index (χ2n) is 5.25. The van der Waals surface area contributed by atoms with Crippen LogP contribution in [0.25, 0.3) is 0 Å². The molecule has 21 heavy (non-hydrogen) atoms. The first-order valence-corrected chi connectivity index (χ1v) is 8.08. The number of nitrogens with one attached hydrogen (secondary N) is 1. The normalized spacial score (nSPS) is 17.4. The molecule has 1 aliphatic rings. The van der Waals surface area contributed by atoms with Crippen LogP contribution < -0.4 is 5.32 Å². The molecule has 0 unspecified atom stereocenters. The Morgan fingerprint density at radius 3 is 2.71 bits per heavy atom. The Hall–Kier alpha value is -1.75. The van der Waals surface area contributed by atoms with Crippen LogP contribution in [-0.2, 0) is 16.1 Å². The first kappa shape index (κ1) is 15.6. The summed E-state index contributed by atoms with van der Waals surface area (Å²) >= 11 is 1.61. The van der Waals surface area contributed by atoms with Crippen LogP contribution in [0.15, 0.2) is 42.0 Å². The average Bonchev–Trinajstić information content (AvgIpc) is 2.95. The molecule has 1 fully saturated rings. The van der Waals surface area contributed by atoms with Gasteiger partial charge in [-0.15, -0.1) is 11.8 Å². The average molecular weight is 304 g/mol. The largest absolute Gasteiger partial charge is 0.350 e. The van der Waals surface area contributed by atoms with E-state index in [9.17, 15) is 9.59 Å². The molecule has 2 amide bonds. The molecule has 0 radical (unpaired) electrons. The molecule has 112 valence electrons. The van der Waals surface area contributed by atoms with Gasteiger partial charge in [0.2, 0.25) is 11.8 Å². The summed E-state index contributed by atoms with van der Waals surface area (Å²) in [6, 6.07) is 9.39. The Kier molecular flexibility index (Phi) is 5.44. The number of amides is 2. The zero-order valence-corrected chi connectivity index (χ0v) is 13.2. The van der Waals surface area contributed by atoms with Gasteiger partial charge in [0.15, 0.2) is 0 Å².